The maximum atomic E-state index is 12.1. The number of hydrogen-bond donors (Lipinski definition) is 0. The van der Waals surface area contributed by atoms with Crippen LogP contribution in [0.5, 0.6) is 5.75 Å². The summed E-state index contributed by atoms with van der Waals surface area (Å²) in [4.78, 5) is 20.9. The number of ether oxygens (including phenoxy) is 1. The molecule has 120 valence electrons. The van der Waals surface area contributed by atoms with Gasteiger partial charge in [-0.1, -0.05) is 6.07 Å². The Labute approximate surface area is 131 Å². The summed E-state index contributed by atoms with van der Waals surface area (Å²) in [6.07, 6.45) is 0. The van der Waals surface area contributed by atoms with Gasteiger partial charge in [0.2, 0.25) is 0 Å². The van der Waals surface area contributed by atoms with Crippen LogP contribution < -0.4 is 4.18 Å². The number of benzene rings is 2. The second-order valence-electron chi connectivity index (χ2n) is 4.31. The van der Waals surface area contributed by atoms with Crippen LogP contribution in [0.25, 0.3) is 0 Å². The van der Waals surface area contributed by atoms with Crippen LogP contribution in [0.2, 0.25) is 0 Å². The highest BCUT2D eigenvalue weighted by molar-refractivity contribution is 7.87. The molecule has 23 heavy (non-hydrogen) atoms. The Morgan fingerprint density at radius 3 is 2.35 bits per heavy atom. The van der Waals surface area contributed by atoms with Crippen molar-refractivity contribution in [1.29, 1.82) is 0 Å². The van der Waals surface area contributed by atoms with Crippen LogP contribution in [0.3, 0.4) is 0 Å². The van der Waals surface area contributed by atoms with E-state index in [-0.39, 0.29) is 21.9 Å². The first-order valence-corrected chi connectivity index (χ1v) is 7.61. The van der Waals surface area contributed by atoms with Crippen molar-refractivity contribution in [1.82, 2.24) is 0 Å². The lowest BCUT2D eigenvalue weighted by molar-refractivity contribution is -0.385. The molecule has 0 saturated heterocycles. The fourth-order valence-corrected chi connectivity index (χ4v) is 2.66. The van der Waals surface area contributed by atoms with E-state index in [1.165, 1.54) is 49.6 Å². The third-order valence-corrected chi connectivity index (χ3v) is 4.04. The van der Waals surface area contributed by atoms with Crippen molar-refractivity contribution in [2.75, 3.05) is 7.11 Å². The molecule has 2 aromatic carbocycles. The molecule has 2 rings (SSSR count). The minimum Gasteiger partial charge on any atom is -0.465 e. The molecule has 0 aliphatic carbocycles. The summed E-state index contributed by atoms with van der Waals surface area (Å²) >= 11 is 0. The van der Waals surface area contributed by atoms with E-state index < -0.39 is 21.0 Å². The van der Waals surface area contributed by atoms with Gasteiger partial charge in [-0.15, -0.1) is 0 Å². The lowest BCUT2D eigenvalue weighted by atomic mass is 10.2. The number of nitrogens with zero attached hydrogens (tertiary/aromatic N) is 1. The smallest absolute Gasteiger partial charge is 0.339 e. The average molecular weight is 337 g/mol. The van der Waals surface area contributed by atoms with E-state index in [0.717, 1.165) is 6.07 Å². The van der Waals surface area contributed by atoms with Crippen molar-refractivity contribution in [2.45, 2.75) is 4.90 Å². The quantitative estimate of drug-likeness (QED) is 0.355. The van der Waals surface area contributed by atoms with E-state index in [1.807, 2.05) is 0 Å². The van der Waals surface area contributed by atoms with E-state index in [4.69, 9.17) is 4.18 Å². The number of esters is 1. The highest BCUT2D eigenvalue weighted by Crippen LogP contribution is 2.22. The predicted octanol–water partition coefficient (Wildman–Crippen LogP) is 2.15. The monoisotopic (exact) mass is 337 g/mol. The Hall–Kier alpha value is -2.94. The van der Waals surface area contributed by atoms with Crippen LogP contribution in [0.15, 0.2) is 53.4 Å². The number of carbonyl (C=O) groups excluding carboxylic acids is 1. The molecule has 0 fully saturated rings. The van der Waals surface area contributed by atoms with Crippen molar-refractivity contribution < 1.29 is 27.1 Å². The van der Waals surface area contributed by atoms with Crippen molar-refractivity contribution >= 4 is 21.8 Å². The van der Waals surface area contributed by atoms with E-state index in [9.17, 15) is 23.3 Å². The molecular weight excluding hydrogens is 326 g/mol. The first kappa shape index (κ1) is 16.4. The Morgan fingerprint density at radius 1 is 1.13 bits per heavy atom. The Morgan fingerprint density at radius 2 is 1.78 bits per heavy atom. The van der Waals surface area contributed by atoms with Gasteiger partial charge in [-0.25, -0.2) is 4.79 Å². The molecule has 0 radical (unpaired) electrons. The van der Waals surface area contributed by atoms with Crippen LogP contribution >= 0.6 is 0 Å². The van der Waals surface area contributed by atoms with E-state index in [1.54, 1.807) is 0 Å². The molecule has 0 aliphatic rings. The van der Waals surface area contributed by atoms with Crippen LogP contribution in [0.1, 0.15) is 10.4 Å². The molecular formula is C14H11NO7S. The maximum Gasteiger partial charge on any atom is 0.339 e. The second kappa shape index (κ2) is 6.44. The summed E-state index contributed by atoms with van der Waals surface area (Å²) in [6.45, 7) is 0. The molecule has 0 spiro atoms. The van der Waals surface area contributed by atoms with Gasteiger partial charge < -0.3 is 8.92 Å². The Kier molecular flexibility index (Phi) is 4.60. The molecule has 8 nitrogen and oxygen atoms in total. The van der Waals surface area contributed by atoms with Gasteiger partial charge in [-0.3, -0.25) is 10.1 Å². The van der Waals surface area contributed by atoms with Crippen LogP contribution in [-0.4, -0.2) is 26.4 Å². The van der Waals surface area contributed by atoms with Gasteiger partial charge in [0.05, 0.1) is 17.6 Å². The third-order valence-electron chi connectivity index (χ3n) is 2.80. The standard InChI is InChI=1S/C14H11NO7S/c1-21-14(16)10-5-7-12(8-6-10)22-23(19,20)13-4-2-3-11(9-13)15(17)18/h2-9H,1H3. The fourth-order valence-electron chi connectivity index (χ4n) is 1.69. The summed E-state index contributed by atoms with van der Waals surface area (Å²) in [6, 6.07) is 9.73. The van der Waals surface area contributed by atoms with Crippen molar-refractivity contribution in [3.8, 4) is 5.75 Å². The molecule has 0 atom stereocenters. The molecule has 0 bridgehead atoms. The topological polar surface area (TPSA) is 113 Å². The predicted molar refractivity (Wildman–Crippen MR) is 78.7 cm³/mol. The zero-order valence-electron chi connectivity index (χ0n) is 11.8. The second-order valence-corrected chi connectivity index (χ2v) is 5.85. The van der Waals surface area contributed by atoms with Crippen molar-refractivity contribution in [2.24, 2.45) is 0 Å². The lowest BCUT2D eigenvalue weighted by Crippen LogP contribution is -2.10. The molecule has 0 amide bonds. The number of non-ortho nitro benzene ring substituents is 1. The normalized spacial score (nSPS) is 10.8. The summed E-state index contributed by atoms with van der Waals surface area (Å²) in [5.74, 6) is -0.609. The highest BCUT2D eigenvalue weighted by atomic mass is 32.2. The van der Waals surface area contributed by atoms with Gasteiger partial charge in [0, 0.05) is 12.1 Å². The molecule has 2 aromatic rings. The Bertz CT molecular complexity index is 844. The first-order valence-electron chi connectivity index (χ1n) is 6.21. The van der Waals surface area contributed by atoms with Crippen LogP contribution in [0, 0.1) is 10.1 Å². The van der Waals surface area contributed by atoms with Gasteiger partial charge in [0.15, 0.2) is 0 Å². The summed E-state index contributed by atoms with van der Waals surface area (Å²) in [5.41, 5.74) is -0.136. The number of methoxy groups -OCH3 is 1. The maximum absolute atomic E-state index is 12.1. The van der Waals surface area contributed by atoms with Crippen molar-refractivity contribution in [3.05, 3.63) is 64.2 Å². The summed E-state index contributed by atoms with van der Waals surface area (Å²) in [7, 11) is -3.01. The van der Waals surface area contributed by atoms with Crippen LogP contribution in [0.4, 0.5) is 5.69 Å². The van der Waals surface area contributed by atoms with Gasteiger partial charge >= 0.3 is 16.1 Å². The summed E-state index contributed by atoms with van der Waals surface area (Å²) in [5, 5.41) is 10.7. The van der Waals surface area contributed by atoms with Gasteiger partial charge in [-0.05, 0) is 30.3 Å². The molecule has 0 saturated carbocycles. The first-order chi connectivity index (χ1) is 10.8. The zero-order chi connectivity index (χ0) is 17.0. The van der Waals surface area contributed by atoms with Crippen LogP contribution in [-0.2, 0) is 14.9 Å². The van der Waals surface area contributed by atoms with E-state index >= 15 is 0 Å². The number of hydrogen-bond acceptors (Lipinski definition) is 7. The van der Waals surface area contributed by atoms with Gasteiger partial charge in [0.1, 0.15) is 10.6 Å². The zero-order valence-corrected chi connectivity index (χ0v) is 12.6. The molecule has 0 aliphatic heterocycles. The van der Waals surface area contributed by atoms with Crippen molar-refractivity contribution in [3.63, 3.8) is 0 Å². The van der Waals surface area contributed by atoms with Gasteiger partial charge in [-0.2, -0.15) is 8.42 Å². The number of nitro groups is 1. The largest absolute Gasteiger partial charge is 0.465 e. The minimum atomic E-state index is -4.23. The average Bonchev–Trinajstić information content (AvgIpc) is 2.54. The lowest BCUT2D eigenvalue weighted by Gasteiger charge is -2.07. The molecule has 0 unspecified atom stereocenters. The number of carbonyl (C=O) groups is 1. The number of nitro benzene ring substituents is 1. The molecule has 0 heterocycles. The Balaban J connectivity index is 2.26. The van der Waals surface area contributed by atoms with Gasteiger partial charge in [0.25, 0.3) is 5.69 Å². The fraction of sp³-hybridized carbons (Fsp3) is 0.0714. The SMILES string of the molecule is COC(=O)c1ccc(OS(=O)(=O)c2cccc([N+](=O)[O-])c2)cc1. The van der Waals surface area contributed by atoms with E-state index in [2.05, 4.69) is 4.74 Å². The molecule has 9 heteroatoms. The van der Waals surface area contributed by atoms with E-state index in [0.29, 0.717) is 0 Å². The number of rotatable bonds is 5. The highest BCUT2D eigenvalue weighted by Gasteiger charge is 2.20. The minimum absolute atomic E-state index is 0.0378. The summed E-state index contributed by atoms with van der Waals surface area (Å²) < 4.78 is 33.6. The molecule has 0 N–H and O–H groups in total. The third kappa shape index (κ3) is 3.83. The molecule has 0 aromatic heterocycles.